The van der Waals surface area contributed by atoms with Crippen molar-refractivity contribution in [1.29, 1.82) is 0 Å². The molecule has 96 valence electrons. The third kappa shape index (κ3) is 1.89. The fraction of sp³-hybridized carbons (Fsp3) is 0.143. The topological polar surface area (TPSA) is 65.4 Å². The van der Waals surface area contributed by atoms with E-state index < -0.39 is 0 Å². The van der Waals surface area contributed by atoms with E-state index >= 15 is 0 Å². The fourth-order valence-electron chi connectivity index (χ4n) is 2.06. The third-order valence-corrected chi connectivity index (χ3v) is 3.09. The van der Waals surface area contributed by atoms with Gasteiger partial charge in [0.2, 0.25) is 0 Å². The molecule has 1 aromatic carbocycles. The number of methoxy groups -OCH3 is 1. The van der Waals surface area contributed by atoms with Gasteiger partial charge in [-0.3, -0.25) is 4.40 Å². The van der Waals surface area contributed by atoms with E-state index in [2.05, 4.69) is 10.2 Å². The van der Waals surface area contributed by atoms with Crippen molar-refractivity contribution in [2.24, 2.45) is 0 Å². The average Bonchev–Trinajstić information content (AvgIpc) is 2.82. The van der Waals surface area contributed by atoms with Crippen LogP contribution in [-0.2, 0) is 0 Å². The van der Waals surface area contributed by atoms with E-state index in [1.807, 2.05) is 47.9 Å². The number of rotatable bonds is 2. The Balaban J connectivity index is 2.21. The highest BCUT2D eigenvalue weighted by molar-refractivity contribution is 5.63. The summed E-state index contributed by atoms with van der Waals surface area (Å²) in [6.45, 7) is 2.00. The number of fused-ring (bicyclic) bond motifs is 1. The normalized spacial score (nSPS) is 10.8. The molecule has 3 aromatic rings. The Hall–Kier alpha value is -2.56. The van der Waals surface area contributed by atoms with Crippen molar-refractivity contribution < 1.29 is 4.74 Å². The molecule has 3 rings (SSSR count). The molecule has 0 spiro atoms. The van der Waals surface area contributed by atoms with E-state index in [-0.39, 0.29) is 0 Å². The van der Waals surface area contributed by atoms with Gasteiger partial charge in [-0.05, 0) is 30.7 Å². The minimum Gasteiger partial charge on any atom is -0.496 e. The van der Waals surface area contributed by atoms with Gasteiger partial charge in [0.1, 0.15) is 5.75 Å². The fourth-order valence-corrected chi connectivity index (χ4v) is 2.06. The van der Waals surface area contributed by atoms with Gasteiger partial charge in [-0.2, -0.15) is 0 Å². The molecular weight excluding hydrogens is 240 g/mol. The Morgan fingerprint density at radius 1 is 1.16 bits per heavy atom. The van der Waals surface area contributed by atoms with Crippen molar-refractivity contribution in [3.05, 3.63) is 42.1 Å². The number of ether oxygens (including phenoxy) is 1. The molecule has 0 bridgehead atoms. The molecule has 0 unspecified atom stereocenters. The molecule has 0 atom stereocenters. The van der Waals surface area contributed by atoms with Crippen LogP contribution in [0.1, 0.15) is 5.56 Å². The smallest absolute Gasteiger partial charge is 0.168 e. The number of nitrogens with zero attached hydrogens (tertiary/aromatic N) is 3. The maximum atomic E-state index is 5.81. The number of nitrogens with two attached hydrogens (primary N) is 1. The van der Waals surface area contributed by atoms with Crippen molar-refractivity contribution in [3.8, 4) is 17.1 Å². The number of hydrogen-bond acceptors (Lipinski definition) is 4. The molecule has 0 fully saturated rings. The molecule has 0 aliphatic heterocycles. The van der Waals surface area contributed by atoms with Crippen LogP contribution in [0.4, 0.5) is 5.69 Å². The highest BCUT2D eigenvalue weighted by atomic mass is 16.5. The zero-order chi connectivity index (χ0) is 13.4. The number of anilines is 1. The molecule has 0 amide bonds. The third-order valence-electron chi connectivity index (χ3n) is 3.09. The van der Waals surface area contributed by atoms with Gasteiger partial charge in [-0.15, -0.1) is 10.2 Å². The number of pyridine rings is 1. The first-order chi connectivity index (χ1) is 9.19. The van der Waals surface area contributed by atoms with E-state index in [0.717, 1.165) is 28.3 Å². The lowest BCUT2D eigenvalue weighted by molar-refractivity contribution is 0.412. The largest absolute Gasteiger partial charge is 0.496 e. The van der Waals surface area contributed by atoms with E-state index in [1.165, 1.54) is 0 Å². The Morgan fingerprint density at radius 3 is 2.79 bits per heavy atom. The molecule has 0 aliphatic carbocycles. The number of aryl methyl sites for hydroxylation is 1. The van der Waals surface area contributed by atoms with Crippen LogP contribution < -0.4 is 10.5 Å². The first kappa shape index (κ1) is 11.5. The van der Waals surface area contributed by atoms with Gasteiger partial charge in [0.15, 0.2) is 11.5 Å². The summed E-state index contributed by atoms with van der Waals surface area (Å²) in [7, 11) is 1.66. The molecular formula is C14H14N4O. The Bertz CT molecular complexity index is 748. The SMILES string of the molecule is COc1cc(-c2nnc3ccc(N)cn23)ccc1C. The Morgan fingerprint density at radius 2 is 2.00 bits per heavy atom. The van der Waals surface area contributed by atoms with Gasteiger partial charge in [0.25, 0.3) is 0 Å². The van der Waals surface area contributed by atoms with E-state index in [9.17, 15) is 0 Å². The summed E-state index contributed by atoms with van der Waals surface area (Å²) in [5.41, 5.74) is 9.28. The summed E-state index contributed by atoms with van der Waals surface area (Å²) in [5, 5.41) is 8.34. The monoisotopic (exact) mass is 254 g/mol. The molecule has 2 aromatic heterocycles. The Kier molecular flexibility index (Phi) is 2.59. The highest BCUT2D eigenvalue weighted by Crippen LogP contribution is 2.26. The number of hydrogen-bond donors (Lipinski definition) is 1. The summed E-state index contributed by atoms with van der Waals surface area (Å²) >= 11 is 0. The van der Waals surface area contributed by atoms with Crippen LogP contribution in [0.15, 0.2) is 36.5 Å². The van der Waals surface area contributed by atoms with E-state index in [0.29, 0.717) is 5.69 Å². The summed E-state index contributed by atoms with van der Waals surface area (Å²) in [5.74, 6) is 1.58. The molecule has 5 nitrogen and oxygen atoms in total. The lowest BCUT2D eigenvalue weighted by Gasteiger charge is -2.07. The quantitative estimate of drug-likeness (QED) is 0.762. The zero-order valence-corrected chi connectivity index (χ0v) is 10.8. The number of nitrogen functional groups attached to an aromatic ring is 1. The van der Waals surface area contributed by atoms with Crippen LogP contribution in [0.25, 0.3) is 17.0 Å². The van der Waals surface area contributed by atoms with Crippen LogP contribution in [0.5, 0.6) is 5.75 Å². The minimum atomic E-state index is 0.674. The van der Waals surface area contributed by atoms with Gasteiger partial charge in [0.05, 0.1) is 7.11 Å². The van der Waals surface area contributed by atoms with Gasteiger partial charge >= 0.3 is 0 Å². The summed E-state index contributed by atoms with van der Waals surface area (Å²) in [6, 6.07) is 9.61. The first-order valence-electron chi connectivity index (χ1n) is 5.94. The standard InChI is InChI=1S/C14H14N4O/c1-9-3-4-10(7-12(9)19-2)14-17-16-13-6-5-11(15)8-18(13)14/h3-8H,15H2,1-2H3. The maximum absolute atomic E-state index is 5.81. The average molecular weight is 254 g/mol. The molecule has 19 heavy (non-hydrogen) atoms. The zero-order valence-electron chi connectivity index (χ0n) is 10.8. The number of aromatic nitrogens is 3. The van der Waals surface area contributed by atoms with Crippen LogP contribution in [-0.4, -0.2) is 21.7 Å². The van der Waals surface area contributed by atoms with Crippen LogP contribution in [0.2, 0.25) is 0 Å². The van der Waals surface area contributed by atoms with E-state index in [1.54, 1.807) is 7.11 Å². The van der Waals surface area contributed by atoms with Crippen LogP contribution >= 0.6 is 0 Å². The second-order valence-electron chi connectivity index (χ2n) is 4.40. The van der Waals surface area contributed by atoms with Crippen molar-refractivity contribution in [2.75, 3.05) is 12.8 Å². The van der Waals surface area contributed by atoms with Crippen LogP contribution in [0.3, 0.4) is 0 Å². The lowest BCUT2D eigenvalue weighted by atomic mass is 10.1. The molecule has 0 saturated carbocycles. The van der Waals surface area contributed by atoms with Crippen molar-refractivity contribution in [2.45, 2.75) is 6.92 Å². The van der Waals surface area contributed by atoms with Gasteiger partial charge in [0, 0.05) is 17.4 Å². The van der Waals surface area contributed by atoms with Crippen molar-refractivity contribution in [3.63, 3.8) is 0 Å². The van der Waals surface area contributed by atoms with Gasteiger partial charge < -0.3 is 10.5 Å². The molecule has 2 heterocycles. The molecule has 2 N–H and O–H groups in total. The predicted molar refractivity (Wildman–Crippen MR) is 74.1 cm³/mol. The lowest BCUT2D eigenvalue weighted by Crippen LogP contribution is -1.94. The molecule has 0 aliphatic rings. The minimum absolute atomic E-state index is 0.674. The Labute approximate surface area is 110 Å². The number of benzene rings is 1. The molecule has 0 radical (unpaired) electrons. The highest BCUT2D eigenvalue weighted by Gasteiger charge is 2.10. The van der Waals surface area contributed by atoms with Gasteiger partial charge in [-0.25, -0.2) is 0 Å². The maximum Gasteiger partial charge on any atom is 0.168 e. The van der Waals surface area contributed by atoms with Crippen molar-refractivity contribution in [1.82, 2.24) is 14.6 Å². The summed E-state index contributed by atoms with van der Waals surface area (Å²) in [6.07, 6.45) is 1.82. The van der Waals surface area contributed by atoms with E-state index in [4.69, 9.17) is 10.5 Å². The second-order valence-corrected chi connectivity index (χ2v) is 4.40. The molecule has 5 heteroatoms. The van der Waals surface area contributed by atoms with Crippen molar-refractivity contribution >= 4 is 11.3 Å². The first-order valence-corrected chi connectivity index (χ1v) is 5.94. The predicted octanol–water partition coefficient (Wildman–Crippen LogP) is 2.30. The van der Waals surface area contributed by atoms with Gasteiger partial charge in [-0.1, -0.05) is 12.1 Å². The second kappa shape index (κ2) is 4.28. The molecule has 0 saturated heterocycles. The summed E-state index contributed by atoms with van der Waals surface area (Å²) < 4.78 is 7.21. The van der Waals surface area contributed by atoms with Crippen LogP contribution in [0, 0.1) is 6.92 Å². The summed E-state index contributed by atoms with van der Waals surface area (Å²) in [4.78, 5) is 0.